The maximum absolute atomic E-state index is 12.4. The quantitative estimate of drug-likeness (QED) is 0.628. The van der Waals surface area contributed by atoms with Crippen LogP contribution in [0.5, 0.6) is 0 Å². The predicted molar refractivity (Wildman–Crippen MR) is 103 cm³/mol. The highest BCUT2D eigenvalue weighted by atomic mass is 32.2. The fourth-order valence-electron chi connectivity index (χ4n) is 2.30. The molecule has 134 valence electrons. The van der Waals surface area contributed by atoms with Gasteiger partial charge in [0, 0.05) is 12.7 Å². The molecule has 0 aliphatic heterocycles. The molecule has 0 unspecified atom stereocenters. The largest absolute Gasteiger partial charge is 0.368 e. The molecule has 0 radical (unpaired) electrons. The number of para-hydroxylation sites is 1. The van der Waals surface area contributed by atoms with Gasteiger partial charge in [0.1, 0.15) is 6.54 Å². The van der Waals surface area contributed by atoms with Gasteiger partial charge in [-0.3, -0.25) is 14.2 Å². The Bertz CT molecular complexity index is 893. The molecular weight excluding hydrogens is 370 g/mol. The summed E-state index contributed by atoms with van der Waals surface area (Å²) in [6, 6.07) is 13.2. The number of thioether (sulfide) groups is 1. The molecule has 1 aromatic carbocycles. The highest BCUT2D eigenvalue weighted by Gasteiger charge is 2.19. The minimum Gasteiger partial charge on any atom is -0.368 e. The Balaban J connectivity index is 1.75. The van der Waals surface area contributed by atoms with Crippen LogP contribution in [0.2, 0.25) is 0 Å². The number of carbonyl (C=O) groups is 2. The van der Waals surface area contributed by atoms with E-state index >= 15 is 0 Å². The van der Waals surface area contributed by atoms with E-state index in [2.05, 4.69) is 10.2 Å². The number of amides is 2. The molecule has 0 fully saturated rings. The lowest BCUT2D eigenvalue weighted by molar-refractivity contribution is -0.118. The van der Waals surface area contributed by atoms with E-state index in [-0.39, 0.29) is 18.2 Å². The summed E-state index contributed by atoms with van der Waals surface area (Å²) in [4.78, 5) is 26.4. The first kappa shape index (κ1) is 18.2. The Kier molecular flexibility index (Phi) is 5.69. The number of thiophene rings is 1. The molecule has 26 heavy (non-hydrogen) atoms. The lowest BCUT2D eigenvalue weighted by atomic mass is 10.3. The molecule has 2 aromatic heterocycles. The topological polar surface area (TPSA) is 94.1 Å². The van der Waals surface area contributed by atoms with Crippen molar-refractivity contribution in [1.82, 2.24) is 14.8 Å². The lowest BCUT2D eigenvalue weighted by Crippen LogP contribution is -2.28. The third kappa shape index (κ3) is 4.12. The summed E-state index contributed by atoms with van der Waals surface area (Å²) >= 11 is 2.73. The first-order valence-electron chi connectivity index (χ1n) is 7.76. The SMILES string of the molecule is CN(C(=O)CSc1nnc(-c2cccs2)n1CC(N)=O)c1ccccc1. The van der Waals surface area contributed by atoms with Crippen molar-refractivity contribution in [2.24, 2.45) is 5.73 Å². The van der Waals surface area contributed by atoms with Gasteiger partial charge < -0.3 is 10.6 Å². The third-order valence-electron chi connectivity index (χ3n) is 3.61. The fraction of sp³-hybridized carbons (Fsp3) is 0.176. The van der Waals surface area contributed by atoms with E-state index < -0.39 is 5.91 Å². The van der Waals surface area contributed by atoms with Crippen LogP contribution in [0.4, 0.5) is 5.69 Å². The van der Waals surface area contributed by atoms with Crippen molar-refractivity contribution in [3.63, 3.8) is 0 Å². The monoisotopic (exact) mass is 387 g/mol. The average molecular weight is 387 g/mol. The minimum absolute atomic E-state index is 0.0364. The Morgan fingerprint density at radius 1 is 1.19 bits per heavy atom. The zero-order chi connectivity index (χ0) is 18.5. The van der Waals surface area contributed by atoms with E-state index in [1.54, 1.807) is 16.5 Å². The van der Waals surface area contributed by atoms with Crippen LogP contribution in [0.3, 0.4) is 0 Å². The van der Waals surface area contributed by atoms with E-state index in [0.717, 1.165) is 10.6 Å². The molecule has 0 spiro atoms. The Labute approximate surface area is 158 Å². The molecule has 0 saturated heterocycles. The summed E-state index contributed by atoms with van der Waals surface area (Å²) in [5, 5.41) is 10.7. The number of hydrogen-bond donors (Lipinski definition) is 1. The molecular formula is C17H17N5O2S2. The van der Waals surface area contributed by atoms with Gasteiger partial charge in [-0.1, -0.05) is 36.0 Å². The average Bonchev–Trinajstić information content (AvgIpc) is 3.29. The molecule has 2 heterocycles. The standard InChI is InChI=1S/C17H17N5O2S2/c1-21(12-6-3-2-4-7-12)15(24)11-26-17-20-19-16(13-8-5-9-25-13)22(17)10-14(18)23/h2-9H,10-11H2,1H3,(H2,18,23). The van der Waals surface area contributed by atoms with Crippen LogP contribution in [0.25, 0.3) is 10.7 Å². The maximum Gasteiger partial charge on any atom is 0.237 e. The van der Waals surface area contributed by atoms with Crippen LogP contribution in [0.15, 0.2) is 53.0 Å². The number of hydrogen-bond acceptors (Lipinski definition) is 6. The van der Waals surface area contributed by atoms with E-state index in [0.29, 0.717) is 11.0 Å². The second-order valence-electron chi connectivity index (χ2n) is 5.41. The van der Waals surface area contributed by atoms with Crippen molar-refractivity contribution >= 4 is 40.6 Å². The van der Waals surface area contributed by atoms with Crippen LogP contribution in [-0.4, -0.2) is 39.4 Å². The number of primary amides is 1. The van der Waals surface area contributed by atoms with Crippen molar-refractivity contribution in [2.75, 3.05) is 17.7 Å². The number of nitrogens with two attached hydrogens (primary N) is 1. The number of carbonyl (C=O) groups excluding carboxylic acids is 2. The molecule has 2 N–H and O–H groups in total. The van der Waals surface area contributed by atoms with E-state index in [1.165, 1.54) is 23.1 Å². The van der Waals surface area contributed by atoms with Crippen molar-refractivity contribution in [1.29, 1.82) is 0 Å². The van der Waals surface area contributed by atoms with E-state index in [1.807, 2.05) is 47.8 Å². The molecule has 0 aliphatic carbocycles. The summed E-state index contributed by atoms with van der Waals surface area (Å²) in [5.74, 6) is 0.182. The third-order valence-corrected chi connectivity index (χ3v) is 5.43. The van der Waals surface area contributed by atoms with Crippen molar-refractivity contribution < 1.29 is 9.59 Å². The van der Waals surface area contributed by atoms with Gasteiger partial charge in [-0.05, 0) is 23.6 Å². The normalized spacial score (nSPS) is 10.7. The van der Waals surface area contributed by atoms with Crippen molar-refractivity contribution in [3.8, 4) is 10.7 Å². The smallest absolute Gasteiger partial charge is 0.237 e. The minimum atomic E-state index is -0.489. The molecule has 3 aromatic rings. The van der Waals surface area contributed by atoms with Crippen LogP contribution in [0, 0.1) is 0 Å². The number of nitrogens with zero attached hydrogens (tertiary/aromatic N) is 4. The zero-order valence-electron chi connectivity index (χ0n) is 14.0. The molecule has 0 saturated carbocycles. The van der Waals surface area contributed by atoms with Gasteiger partial charge in [0.25, 0.3) is 0 Å². The second-order valence-corrected chi connectivity index (χ2v) is 7.30. The summed E-state index contributed by atoms with van der Waals surface area (Å²) in [6.45, 7) is -0.0364. The molecule has 2 amide bonds. The summed E-state index contributed by atoms with van der Waals surface area (Å²) in [6.07, 6.45) is 0. The molecule has 9 heteroatoms. The highest BCUT2D eigenvalue weighted by Crippen LogP contribution is 2.27. The Hall–Kier alpha value is -2.65. The Morgan fingerprint density at radius 2 is 1.96 bits per heavy atom. The molecule has 0 atom stereocenters. The van der Waals surface area contributed by atoms with Gasteiger partial charge in [0.15, 0.2) is 11.0 Å². The predicted octanol–water partition coefficient (Wildman–Crippen LogP) is 2.25. The van der Waals surface area contributed by atoms with Gasteiger partial charge >= 0.3 is 0 Å². The maximum atomic E-state index is 12.4. The summed E-state index contributed by atoms with van der Waals surface area (Å²) in [7, 11) is 1.73. The van der Waals surface area contributed by atoms with E-state index in [4.69, 9.17) is 5.73 Å². The van der Waals surface area contributed by atoms with Gasteiger partial charge in [0.05, 0.1) is 10.6 Å². The zero-order valence-corrected chi connectivity index (χ0v) is 15.7. The van der Waals surface area contributed by atoms with Gasteiger partial charge in [-0.2, -0.15) is 0 Å². The highest BCUT2D eigenvalue weighted by molar-refractivity contribution is 7.99. The molecule has 7 nitrogen and oxygen atoms in total. The Morgan fingerprint density at radius 3 is 2.62 bits per heavy atom. The molecule has 3 rings (SSSR count). The van der Waals surface area contributed by atoms with Gasteiger partial charge in [-0.25, -0.2) is 0 Å². The molecule has 0 bridgehead atoms. The lowest BCUT2D eigenvalue weighted by Gasteiger charge is -2.16. The second kappa shape index (κ2) is 8.15. The first-order valence-corrected chi connectivity index (χ1v) is 9.62. The number of rotatable bonds is 7. The first-order chi connectivity index (χ1) is 12.6. The van der Waals surface area contributed by atoms with Crippen LogP contribution >= 0.6 is 23.1 Å². The number of anilines is 1. The van der Waals surface area contributed by atoms with Crippen LogP contribution in [-0.2, 0) is 16.1 Å². The van der Waals surface area contributed by atoms with Gasteiger partial charge in [-0.15, -0.1) is 21.5 Å². The van der Waals surface area contributed by atoms with Crippen LogP contribution in [0.1, 0.15) is 0 Å². The summed E-state index contributed by atoms with van der Waals surface area (Å²) in [5.41, 5.74) is 6.17. The van der Waals surface area contributed by atoms with E-state index in [9.17, 15) is 9.59 Å². The van der Waals surface area contributed by atoms with Gasteiger partial charge in [0.2, 0.25) is 11.8 Å². The van der Waals surface area contributed by atoms with Crippen molar-refractivity contribution in [3.05, 3.63) is 47.8 Å². The number of benzene rings is 1. The fourth-order valence-corrected chi connectivity index (χ4v) is 3.87. The van der Waals surface area contributed by atoms with Crippen LogP contribution < -0.4 is 10.6 Å². The number of aromatic nitrogens is 3. The summed E-state index contributed by atoms with van der Waals surface area (Å²) < 4.78 is 1.65. The molecule has 0 aliphatic rings. The van der Waals surface area contributed by atoms with Crippen molar-refractivity contribution in [2.45, 2.75) is 11.7 Å².